The Labute approximate surface area is 131 Å². The summed E-state index contributed by atoms with van der Waals surface area (Å²) in [4.78, 5) is 0. The van der Waals surface area contributed by atoms with E-state index in [1.807, 2.05) is 6.07 Å². The predicted octanol–water partition coefficient (Wildman–Crippen LogP) is 5.15. The molecule has 0 bridgehead atoms. The van der Waals surface area contributed by atoms with E-state index in [1.165, 1.54) is 5.56 Å². The zero-order valence-corrected chi connectivity index (χ0v) is 15.4. The van der Waals surface area contributed by atoms with Gasteiger partial charge in [0, 0.05) is 12.8 Å². The number of benzene rings is 1. The molecule has 1 aliphatic carbocycles. The van der Waals surface area contributed by atoms with Crippen LogP contribution >= 0.6 is 0 Å². The van der Waals surface area contributed by atoms with Crippen molar-refractivity contribution in [2.75, 3.05) is 0 Å². The van der Waals surface area contributed by atoms with E-state index in [4.69, 9.17) is 9.16 Å². The average molecular weight is 307 g/mol. The molecule has 1 saturated carbocycles. The van der Waals surface area contributed by atoms with Gasteiger partial charge in [0.15, 0.2) is 8.32 Å². The van der Waals surface area contributed by atoms with Gasteiger partial charge in [0.1, 0.15) is 0 Å². The van der Waals surface area contributed by atoms with Crippen molar-refractivity contribution in [3.8, 4) is 0 Å². The maximum atomic E-state index is 6.44. The lowest BCUT2D eigenvalue weighted by atomic mass is 9.79. The second kappa shape index (κ2) is 5.86. The van der Waals surface area contributed by atoms with Crippen LogP contribution in [-0.4, -0.2) is 20.0 Å². The summed E-state index contributed by atoms with van der Waals surface area (Å²) in [6.07, 6.45) is 2.42. The molecule has 0 unspecified atom stereocenters. The third-order valence-corrected chi connectivity index (χ3v) is 9.55. The molecule has 0 N–H and O–H groups in total. The fourth-order valence-electron chi connectivity index (χ4n) is 2.53. The molecule has 1 aromatic rings. The molecule has 1 aliphatic rings. The molecule has 0 heterocycles. The molecule has 1 aromatic carbocycles. The summed E-state index contributed by atoms with van der Waals surface area (Å²) < 4.78 is 12.6. The van der Waals surface area contributed by atoms with Gasteiger partial charge >= 0.3 is 0 Å². The molecular formula is C18H30O2Si. The molecule has 3 heteroatoms. The molecule has 0 atom stereocenters. The van der Waals surface area contributed by atoms with Crippen LogP contribution in [0, 0.1) is 0 Å². The molecule has 0 amide bonds. The van der Waals surface area contributed by atoms with Crippen LogP contribution in [0.5, 0.6) is 0 Å². The Hall–Kier alpha value is -0.643. The van der Waals surface area contributed by atoms with E-state index in [1.54, 1.807) is 0 Å². The van der Waals surface area contributed by atoms with Crippen LogP contribution in [-0.2, 0) is 15.8 Å². The zero-order chi connectivity index (χ0) is 15.7. The molecule has 2 rings (SSSR count). The first kappa shape index (κ1) is 16.7. The number of hydrogen-bond acceptors (Lipinski definition) is 2. The summed E-state index contributed by atoms with van der Waals surface area (Å²) in [6, 6.07) is 10.4. The van der Waals surface area contributed by atoms with Crippen molar-refractivity contribution in [1.82, 2.24) is 0 Å². The Morgan fingerprint density at radius 2 is 1.71 bits per heavy atom. The van der Waals surface area contributed by atoms with Gasteiger partial charge in [0.2, 0.25) is 0 Å². The van der Waals surface area contributed by atoms with Gasteiger partial charge in [-0.3, -0.25) is 0 Å². The van der Waals surface area contributed by atoms with E-state index in [0.29, 0.717) is 12.7 Å². The second-order valence-electron chi connectivity index (χ2n) is 8.13. The van der Waals surface area contributed by atoms with Crippen molar-refractivity contribution < 1.29 is 9.16 Å². The summed E-state index contributed by atoms with van der Waals surface area (Å²) in [5.41, 5.74) is 1.23. The number of rotatable bonds is 5. The Kier molecular flexibility index (Phi) is 4.67. The summed E-state index contributed by atoms with van der Waals surface area (Å²) >= 11 is 0. The highest BCUT2D eigenvalue weighted by atomic mass is 28.4. The summed E-state index contributed by atoms with van der Waals surface area (Å²) in [7, 11) is -1.64. The van der Waals surface area contributed by atoms with E-state index in [-0.39, 0.29) is 10.6 Å². The molecule has 1 fully saturated rings. The van der Waals surface area contributed by atoms with E-state index in [0.717, 1.165) is 12.8 Å². The van der Waals surface area contributed by atoms with Gasteiger partial charge in [-0.15, -0.1) is 0 Å². The first-order chi connectivity index (χ1) is 9.61. The average Bonchev–Trinajstić information content (AvgIpc) is 2.34. The van der Waals surface area contributed by atoms with Crippen LogP contribution in [0.2, 0.25) is 18.1 Å². The quantitative estimate of drug-likeness (QED) is 0.701. The summed E-state index contributed by atoms with van der Waals surface area (Å²) in [5, 5.41) is 0.282. The second-order valence-corrected chi connectivity index (χ2v) is 12.9. The SMILES string of the molecule is CC1(OCc2ccccc2)CC(O[Si](C)(C)C(C)(C)C)C1. The topological polar surface area (TPSA) is 18.5 Å². The van der Waals surface area contributed by atoms with Gasteiger partial charge in [0.05, 0.1) is 18.3 Å². The minimum atomic E-state index is -1.64. The fourth-order valence-corrected chi connectivity index (χ4v) is 3.88. The van der Waals surface area contributed by atoms with Crippen molar-refractivity contribution >= 4 is 8.32 Å². The lowest BCUT2D eigenvalue weighted by Crippen LogP contribution is -2.54. The Morgan fingerprint density at radius 1 is 1.14 bits per heavy atom. The van der Waals surface area contributed by atoms with Crippen molar-refractivity contribution in [2.45, 2.75) is 77.0 Å². The highest BCUT2D eigenvalue weighted by Crippen LogP contribution is 2.44. The Morgan fingerprint density at radius 3 is 2.24 bits per heavy atom. The highest BCUT2D eigenvalue weighted by Gasteiger charge is 2.47. The smallest absolute Gasteiger partial charge is 0.192 e. The zero-order valence-electron chi connectivity index (χ0n) is 14.4. The minimum Gasteiger partial charge on any atom is -0.414 e. The van der Waals surface area contributed by atoms with Crippen molar-refractivity contribution in [2.24, 2.45) is 0 Å². The van der Waals surface area contributed by atoms with Gasteiger partial charge in [-0.1, -0.05) is 51.1 Å². The van der Waals surface area contributed by atoms with Crippen LogP contribution < -0.4 is 0 Å². The van der Waals surface area contributed by atoms with Crippen LogP contribution in [0.25, 0.3) is 0 Å². The van der Waals surface area contributed by atoms with Crippen molar-refractivity contribution in [3.05, 3.63) is 35.9 Å². The Bertz CT molecular complexity index is 456. The first-order valence-electron chi connectivity index (χ1n) is 7.97. The van der Waals surface area contributed by atoms with Crippen LogP contribution in [0.4, 0.5) is 0 Å². The van der Waals surface area contributed by atoms with E-state index < -0.39 is 8.32 Å². The maximum Gasteiger partial charge on any atom is 0.192 e. The van der Waals surface area contributed by atoms with Crippen molar-refractivity contribution in [3.63, 3.8) is 0 Å². The van der Waals surface area contributed by atoms with Gasteiger partial charge in [-0.05, 0) is 30.6 Å². The molecular weight excluding hydrogens is 276 g/mol. The van der Waals surface area contributed by atoms with Crippen LogP contribution in [0.3, 0.4) is 0 Å². The fraction of sp³-hybridized carbons (Fsp3) is 0.667. The lowest BCUT2D eigenvalue weighted by Gasteiger charge is -2.49. The monoisotopic (exact) mass is 306 g/mol. The number of ether oxygens (including phenoxy) is 1. The highest BCUT2D eigenvalue weighted by molar-refractivity contribution is 6.74. The molecule has 2 nitrogen and oxygen atoms in total. The van der Waals surface area contributed by atoms with Crippen LogP contribution in [0.15, 0.2) is 30.3 Å². The van der Waals surface area contributed by atoms with E-state index in [9.17, 15) is 0 Å². The molecule has 0 saturated heterocycles. The normalized spacial score (nSPS) is 26.5. The van der Waals surface area contributed by atoms with Gasteiger partial charge in [-0.25, -0.2) is 0 Å². The largest absolute Gasteiger partial charge is 0.414 e. The molecule has 0 aliphatic heterocycles. The minimum absolute atomic E-state index is 0.0110. The third kappa shape index (κ3) is 4.18. The van der Waals surface area contributed by atoms with Crippen LogP contribution in [0.1, 0.15) is 46.1 Å². The van der Waals surface area contributed by atoms with Crippen molar-refractivity contribution in [1.29, 1.82) is 0 Å². The predicted molar refractivity (Wildman–Crippen MR) is 90.9 cm³/mol. The molecule has 118 valence electrons. The lowest BCUT2D eigenvalue weighted by molar-refractivity contribution is -0.146. The standard InChI is InChI=1S/C18H30O2Si/c1-17(2,3)21(5,6)20-16-12-18(4,13-16)19-14-15-10-8-7-9-11-15/h7-11,16H,12-14H2,1-6H3. The third-order valence-electron chi connectivity index (χ3n) is 5.02. The maximum absolute atomic E-state index is 6.44. The van der Waals surface area contributed by atoms with Gasteiger partial charge in [0.25, 0.3) is 0 Å². The van der Waals surface area contributed by atoms with Gasteiger partial charge < -0.3 is 9.16 Å². The molecule has 0 radical (unpaired) electrons. The van der Waals surface area contributed by atoms with E-state index >= 15 is 0 Å². The van der Waals surface area contributed by atoms with E-state index in [2.05, 4.69) is 65.1 Å². The summed E-state index contributed by atoms with van der Waals surface area (Å²) in [6.45, 7) is 14.4. The van der Waals surface area contributed by atoms with Gasteiger partial charge in [-0.2, -0.15) is 0 Å². The first-order valence-corrected chi connectivity index (χ1v) is 10.9. The molecule has 21 heavy (non-hydrogen) atoms. The molecule has 0 spiro atoms. The Balaban J connectivity index is 1.80. The molecule has 0 aromatic heterocycles. The summed E-state index contributed by atoms with van der Waals surface area (Å²) in [5.74, 6) is 0. The number of hydrogen-bond donors (Lipinski definition) is 0.